The lowest BCUT2D eigenvalue weighted by atomic mass is 10.1. The molecule has 2 heterocycles. The first kappa shape index (κ1) is 13.8. The second-order valence-corrected chi connectivity index (χ2v) is 4.28. The molecule has 106 valence electrons. The number of hydrogen-bond acceptors (Lipinski definition) is 5. The van der Waals surface area contributed by atoms with Crippen molar-refractivity contribution in [3.05, 3.63) is 32.6 Å². The van der Waals surface area contributed by atoms with Crippen LogP contribution >= 0.6 is 0 Å². The minimum Gasteiger partial charge on any atom is -0.394 e. The molecule has 0 radical (unpaired) electrons. The van der Waals surface area contributed by atoms with Crippen molar-refractivity contribution in [3.63, 3.8) is 0 Å². The number of H-pyrrole nitrogens is 1. The van der Waals surface area contributed by atoms with E-state index in [1.165, 1.54) is 6.92 Å². The molecule has 2 rings (SSSR count). The number of ether oxygens (including phenoxy) is 1. The summed E-state index contributed by atoms with van der Waals surface area (Å²) in [6, 6.07) is 0. The smallest absolute Gasteiger partial charge is 0.332 e. The maximum absolute atomic E-state index is 14.5. The second-order valence-electron chi connectivity index (χ2n) is 4.28. The highest BCUT2D eigenvalue weighted by Crippen LogP contribution is 2.38. The predicted octanol–water partition coefficient (Wildman–Crippen LogP) is -1.49. The quantitative estimate of drug-likeness (QED) is 0.611. The number of aromatic amines is 1. The summed E-state index contributed by atoms with van der Waals surface area (Å²) in [5.41, 5.74) is -1.99. The van der Waals surface area contributed by atoms with Gasteiger partial charge in [0.2, 0.25) is 6.17 Å². The molecule has 0 bridgehead atoms. The number of aryl methyl sites for hydroxylation is 1. The molecule has 19 heavy (non-hydrogen) atoms. The van der Waals surface area contributed by atoms with Crippen LogP contribution in [-0.4, -0.2) is 44.8 Å². The van der Waals surface area contributed by atoms with Crippen LogP contribution in [0.3, 0.4) is 0 Å². The third-order valence-electron chi connectivity index (χ3n) is 2.97. The van der Waals surface area contributed by atoms with E-state index < -0.39 is 42.2 Å². The van der Waals surface area contributed by atoms with Crippen molar-refractivity contribution >= 4 is 0 Å². The lowest BCUT2D eigenvalue weighted by Gasteiger charge is -2.23. The zero-order chi connectivity index (χ0) is 14.4. The van der Waals surface area contributed by atoms with Gasteiger partial charge in [-0.05, 0) is 6.92 Å². The Hall–Kier alpha value is -1.58. The first-order chi connectivity index (χ1) is 8.81. The summed E-state index contributed by atoms with van der Waals surface area (Å²) in [6.45, 7) is 0.477. The Bertz CT molecular complexity index is 600. The van der Waals surface area contributed by atoms with Crippen LogP contribution in [0.5, 0.6) is 0 Å². The van der Waals surface area contributed by atoms with Crippen LogP contribution in [0, 0.1) is 6.92 Å². The van der Waals surface area contributed by atoms with E-state index in [1.807, 2.05) is 0 Å². The van der Waals surface area contributed by atoms with Crippen LogP contribution in [-0.2, 0) is 10.7 Å². The first-order valence-electron chi connectivity index (χ1n) is 5.44. The Morgan fingerprint density at radius 3 is 2.74 bits per heavy atom. The maximum Gasteiger partial charge on any atom is 0.332 e. The molecule has 1 aromatic heterocycles. The number of halogens is 2. The summed E-state index contributed by atoms with van der Waals surface area (Å²) in [7, 11) is 0. The van der Waals surface area contributed by atoms with Gasteiger partial charge >= 0.3 is 11.7 Å². The molecule has 1 unspecified atom stereocenters. The summed E-state index contributed by atoms with van der Waals surface area (Å²) in [6.07, 6.45) is -5.21. The Balaban J connectivity index is 2.55. The van der Waals surface area contributed by atoms with E-state index in [4.69, 9.17) is 5.11 Å². The van der Waals surface area contributed by atoms with Gasteiger partial charge in [-0.3, -0.25) is 9.78 Å². The molecule has 1 aromatic rings. The minimum atomic E-state index is -3.28. The lowest BCUT2D eigenvalue weighted by molar-refractivity contribution is -0.226. The van der Waals surface area contributed by atoms with Gasteiger partial charge in [0.1, 0.15) is 12.2 Å². The van der Waals surface area contributed by atoms with Gasteiger partial charge in [0.15, 0.2) is 0 Å². The molecule has 0 aromatic carbocycles. The van der Waals surface area contributed by atoms with E-state index in [2.05, 4.69) is 4.74 Å². The molecule has 7 nitrogen and oxygen atoms in total. The fourth-order valence-electron chi connectivity index (χ4n) is 1.87. The van der Waals surface area contributed by atoms with Crippen LogP contribution in [0.4, 0.5) is 8.78 Å². The third kappa shape index (κ3) is 1.99. The summed E-state index contributed by atoms with van der Waals surface area (Å²) in [4.78, 5) is 24.5. The molecule has 1 fully saturated rings. The second kappa shape index (κ2) is 4.51. The number of aliphatic hydroxyl groups excluding tert-OH is 2. The van der Waals surface area contributed by atoms with Gasteiger partial charge in [-0.1, -0.05) is 0 Å². The average Bonchev–Trinajstić information content (AvgIpc) is 2.59. The largest absolute Gasteiger partial charge is 0.394 e. The highest BCUT2D eigenvalue weighted by Gasteiger charge is 2.58. The van der Waals surface area contributed by atoms with Crippen molar-refractivity contribution in [1.82, 2.24) is 9.55 Å². The molecule has 0 aliphatic carbocycles. The van der Waals surface area contributed by atoms with Crippen molar-refractivity contribution in [2.24, 2.45) is 0 Å². The van der Waals surface area contributed by atoms with E-state index in [9.17, 15) is 23.5 Å². The summed E-state index contributed by atoms with van der Waals surface area (Å²) < 4.78 is 33.1. The zero-order valence-corrected chi connectivity index (χ0v) is 9.84. The Morgan fingerprint density at radius 1 is 1.58 bits per heavy atom. The van der Waals surface area contributed by atoms with Crippen molar-refractivity contribution in [1.29, 1.82) is 0 Å². The molecule has 9 heteroatoms. The van der Waals surface area contributed by atoms with E-state index in [0.717, 1.165) is 6.20 Å². The van der Waals surface area contributed by atoms with E-state index in [-0.39, 0.29) is 10.1 Å². The van der Waals surface area contributed by atoms with Gasteiger partial charge < -0.3 is 14.9 Å². The molecule has 3 N–H and O–H groups in total. The fourth-order valence-corrected chi connectivity index (χ4v) is 1.87. The number of aliphatic hydroxyl groups is 2. The van der Waals surface area contributed by atoms with Crippen LogP contribution in [0.1, 0.15) is 5.56 Å². The molecule has 1 aliphatic heterocycles. The van der Waals surface area contributed by atoms with Crippen LogP contribution in [0.25, 0.3) is 0 Å². The Morgan fingerprint density at radius 2 is 2.21 bits per heavy atom. The van der Waals surface area contributed by atoms with Crippen LogP contribution in [0.15, 0.2) is 15.8 Å². The molecular weight excluding hydrogens is 266 g/mol. The van der Waals surface area contributed by atoms with Crippen molar-refractivity contribution in [2.75, 3.05) is 6.61 Å². The van der Waals surface area contributed by atoms with Gasteiger partial charge in [0.25, 0.3) is 5.56 Å². The van der Waals surface area contributed by atoms with Gasteiger partial charge in [-0.25, -0.2) is 13.8 Å². The van der Waals surface area contributed by atoms with E-state index in [1.54, 1.807) is 4.98 Å². The van der Waals surface area contributed by atoms with Crippen LogP contribution < -0.4 is 11.2 Å². The Kier molecular flexibility index (Phi) is 3.29. The molecule has 0 saturated carbocycles. The molecule has 1 aliphatic rings. The monoisotopic (exact) mass is 278 g/mol. The predicted molar refractivity (Wildman–Crippen MR) is 58.0 cm³/mol. The fraction of sp³-hybridized carbons (Fsp3) is 0.600. The third-order valence-corrected chi connectivity index (χ3v) is 2.97. The first-order valence-corrected chi connectivity index (χ1v) is 5.44. The summed E-state index contributed by atoms with van der Waals surface area (Å²) in [5.74, 6) is -3.28. The highest BCUT2D eigenvalue weighted by atomic mass is 19.2. The SMILES string of the molecule is Cc1cn([C@]2(F)O[C@H](CO)[C@@H](O)C2F)c(=O)[nH]c1=O. The zero-order valence-electron chi connectivity index (χ0n) is 9.84. The normalized spacial score (nSPS) is 34.7. The lowest BCUT2D eigenvalue weighted by Crippen LogP contribution is -2.47. The average molecular weight is 278 g/mol. The number of nitrogens with zero attached hydrogens (tertiary/aromatic N) is 1. The van der Waals surface area contributed by atoms with Gasteiger partial charge in [-0.15, -0.1) is 0 Å². The molecule has 0 spiro atoms. The van der Waals surface area contributed by atoms with Crippen molar-refractivity contribution in [2.45, 2.75) is 31.3 Å². The van der Waals surface area contributed by atoms with Crippen molar-refractivity contribution in [3.8, 4) is 0 Å². The van der Waals surface area contributed by atoms with Gasteiger partial charge in [0.05, 0.1) is 6.61 Å². The number of rotatable bonds is 2. The highest BCUT2D eigenvalue weighted by molar-refractivity contribution is 5.04. The number of alkyl halides is 2. The Labute approximate surface area is 105 Å². The topological polar surface area (TPSA) is 105 Å². The molecule has 1 saturated heterocycles. The number of aromatic nitrogens is 2. The molecule has 0 amide bonds. The summed E-state index contributed by atoms with van der Waals surface area (Å²) >= 11 is 0. The minimum absolute atomic E-state index is 0.0330. The summed E-state index contributed by atoms with van der Waals surface area (Å²) in [5, 5.41) is 18.2. The number of hydrogen-bond donors (Lipinski definition) is 3. The number of nitrogens with one attached hydrogen (secondary N) is 1. The standard InChI is InChI=1S/C10H12F2N2O5/c1-4-2-14(9(18)13-8(4)17)10(12)7(11)6(16)5(3-15)19-10/h2,5-7,15-16H,3H2,1H3,(H,13,17,18)/t5-,6-,7?,10+/m1/s1. The molecule has 4 atom stereocenters. The van der Waals surface area contributed by atoms with Gasteiger partial charge in [0, 0.05) is 11.8 Å². The van der Waals surface area contributed by atoms with Crippen molar-refractivity contribution < 1.29 is 23.7 Å². The van der Waals surface area contributed by atoms with E-state index in [0.29, 0.717) is 0 Å². The maximum atomic E-state index is 14.5. The van der Waals surface area contributed by atoms with E-state index >= 15 is 0 Å². The van der Waals surface area contributed by atoms with Gasteiger partial charge in [-0.2, -0.15) is 4.39 Å². The van der Waals surface area contributed by atoms with Crippen LogP contribution in [0.2, 0.25) is 0 Å². The molecular formula is C10H12F2N2O5.